The minimum Gasteiger partial charge on any atom is -0.267 e. The van der Waals surface area contributed by atoms with Crippen LogP contribution in [0.4, 0.5) is 0 Å². The first-order valence-corrected chi connectivity index (χ1v) is 5.42. The van der Waals surface area contributed by atoms with Crippen molar-refractivity contribution in [2.75, 3.05) is 0 Å². The Bertz CT molecular complexity index is 514. The molecule has 0 aliphatic heterocycles. The maximum absolute atomic E-state index is 11.9. The largest absolute Gasteiger partial charge is 0.281 e. The fraction of sp³-hybridized carbons (Fsp3) is 0. The number of carbonyl (C=O) groups excluding carboxylic acids is 1. The minimum atomic E-state index is -0.392. The predicted molar refractivity (Wildman–Crippen MR) is 63.4 cm³/mol. The van der Waals surface area contributed by atoms with Crippen molar-refractivity contribution in [3.8, 4) is 0 Å². The third kappa shape index (κ3) is 2.07. The van der Waals surface area contributed by atoms with Gasteiger partial charge in [0.25, 0.3) is 5.91 Å². The number of rotatable bonds is 1. The van der Waals surface area contributed by atoms with Gasteiger partial charge in [-0.1, -0.05) is 34.8 Å². The quantitative estimate of drug-likeness (QED) is 0.798. The number of carbonyl (C=O) groups is 1. The number of aromatic nitrogens is 2. The Kier molecular flexibility index (Phi) is 3.19. The van der Waals surface area contributed by atoms with Crippen LogP contribution >= 0.6 is 34.8 Å². The molecule has 0 saturated heterocycles. The lowest BCUT2D eigenvalue weighted by atomic mass is 10.2. The monoisotopic (exact) mass is 274 g/mol. The van der Waals surface area contributed by atoms with Crippen LogP contribution < -0.4 is 0 Å². The highest BCUT2D eigenvalue weighted by Gasteiger charge is 2.17. The number of nitrogens with zero attached hydrogens (tertiary/aromatic N) is 2. The van der Waals surface area contributed by atoms with Gasteiger partial charge in [-0.2, -0.15) is 5.10 Å². The van der Waals surface area contributed by atoms with E-state index in [-0.39, 0.29) is 15.6 Å². The molecular formula is C10H5Cl3N2O. The van der Waals surface area contributed by atoms with Crippen molar-refractivity contribution in [3.63, 3.8) is 0 Å². The topological polar surface area (TPSA) is 34.9 Å². The van der Waals surface area contributed by atoms with E-state index in [0.717, 1.165) is 4.68 Å². The van der Waals surface area contributed by atoms with Crippen LogP contribution in [-0.2, 0) is 0 Å². The summed E-state index contributed by atoms with van der Waals surface area (Å²) in [5, 5.41) is 4.61. The zero-order valence-electron chi connectivity index (χ0n) is 7.82. The predicted octanol–water partition coefficient (Wildman–Crippen LogP) is 3.53. The Hall–Kier alpha value is -1.03. The van der Waals surface area contributed by atoms with E-state index in [1.165, 1.54) is 24.5 Å². The van der Waals surface area contributed by atoms with Crippen LogP contribution in [0.25, 0.3) is 0 Å². The Morgan fingerprint density at radius 2 is 1.81 bits per heavy atom. The van der Waals surface area contributed by atoms with Crippen LogP contribution in [0.5, 0.6) is 0 Å². The van der Waals surface area contributed by atoms with Crippen molar-refractivity contribution in [1.82, 2.24) is 9.78 Å². The van der Waals surface area contributed by atoms with E-state index in [9.17, 15) is 4.79 Å². The van der Waals surface area contributed by atoms with Gasteiger partial charge in [0.2, 0.25) is 0 Å². The number of benzene rings is 1. The second kappa shape index (κ2) is 4.45. The van der Waals surface area contributed by atoms with E-state index >= 15 is 0 Å². The standard InChI is InChI=1S/C10H5Cl3N2O/c11-6-4-7(12)9(8(13)5-6)10(16)15-3-1-2-14-15/h1-5H. The second-order valence-corrected chi connectivity index (χ2v) is 4.25. The van der Waals surface area contributed by atoms with Gasteiger partial charge in [-0.15, -0.1) is 0 Å². The van der Waals surface area contributed by atoms with Gasteiger partial charge in [0, 0.05) is 17.4 Å². The molecule has 0 atom stereocenters. The number of hydrogen-bond acceptors (Lipinski definition) is 2. The van der Waals surface area contributed by atoms with E-state index in [4.69, 9.17) is 34.8 Å². The third-order valence-electron chi connectivity index (χ3n) is 1.93. The summed E-state index contributed by atoms with van der Waals surface area (Å²) in [5.74, 6) is -0.392. The first kappa shape index (κ1) is 11.5. The lowest BCUT2D eigenvalue weighted by Gasteiger charge is -2.06. The molecule has 6 heteroatoms. The van der Waals surface area contributed by atoms with Gasteiger partial charge in [-0.3, -0.25) is 4.79 Å². The van der Waals surface area contributed by atoms with E-state index < -0.39 is 5.91 Å². The van der Waals surface area contributed by atoms with Gasteiger partial charge in [-0.05, 0) is 18.2 Å². The summed E-state index contributed by atoms with van der Waals surface area (Å²) >= 11 is 17.6. The molecule has 0 aliphatic carbocycles. The molecule has 82 valence electrons. The van der Waals surface area contributed by atoms with Crippen molar-refractivity contribution in [2.45, 2.75) is 0 Å². The highest BCUT2D eigenvalue weighted by molar-refractivity contribution is 6.42. The molecular weight excluding hydrogens is 270 g/mol. The van der Waals surface area contributed by atoms with E-state index in [1.54, 1.807) is 6.07 Å². The first-order valence-electron chi connectivity index (χ1n) is 4.28. The molecule has 0 N–H and O–H groups in total. The fourth-order valence-corrected chi connectivity index (χ4v) is 2.23. The van der Waals surface area contributed by atoms with Crippen LogP contribution in [0, 0.1) is 0 Å². The fourth-order valence-electron chi connectivity index (χ4n) is 1.25. The highest BCUT2D eigenvalue weighted by Crippen LogP contribution is 2.29. The van der Waals surface area contributed by atoms with E-state index in [0.29, 0.717) is 5.02 Å². The van der Waals surface area contributed by atoms with Crippen molar-refractivity contribution >= 4 is 40.7 Å². The Balaban J connectivity index is 2.53. The third-order valence-corrected chi connectivity index (χ3v) is 2.75. The summed E-state index contributed by atoms with van der Waals surface area (Å²) in [6.07, 6.45) is 3.01. The highest BCUT2D eigenvalue weighted by atomic mass is 35.5. The number of hydrogen-bond donors (Lipinski definition) is 0. The summed E-state index contributed by atoms with van der Waals surface area (Å²) in [4.78, 5) is 11.9. The molecule has 0 aliphatic rings. The lowest BCUT2D eigenvalue weighted by Crippen LogP contribution is -2.13. The van der Waals surface area contributed by atoms with Gasteiger partial charge >= 0.3 is 0 Å². The average molecular weight is 276 g/mol. The van der Waals surface area contributed by atoms with Crippen molar-refractivity contribution < 1.29 is 4.79 Å². The van der Waals surface area contributed by atoms with Crippen LogP contribution in [0.1, 0.15) is 10.4 Å². The van der Waals surface area contributed by atoms with Gasteiger partial charge in [0.15, 0.2) is 0 Å². The molecule has 0 fully saturated rings. The zero-order chi connectivity index (χ0) is 11.7. The molecule has 1 aromatic heterocycles. The molecule has 1 heterocycles. The number of halogens is 3. The summed E-state index contributed by atoms with van der Waals surface area (Å²) < 4.78 is 1.15. The molecule has 1 aromatic carbocycles. The Labute approximate surface area is 107 Å². The molecule has 0 saturated carbocycles. The maximum Gasteiger partial charge on any atom is 0.281 e. The molecule has 0 bridgehead atoms. The lowest BCUT2D eigenvalue weighted by molar-refractivity contribution is 0.0945. The molecule has 16 heavy (non-hydrogen) atoms. The summed E-state index contributed by atoms with van der Waals surface area (Å²) in [6.45, 7) is 0. The van der Waals surface area contributed by atoms with Crippen LogP contribution in [0.3, 0.4) is 0 Å². The van der Waals surface area contributed by atoms with Crippen molar-refractivity contribution in [3.05, 3.63) is 51.2 Å². The molecule has 0 amide bonds. The Morgan fingerprint density at radius 1 is 1.19 bits per heavy atom. The molecule has 2 aromatic rings. The molecule has 0 radical (unpaired) electrons. The Morgan fingerprint density at radius 3 is 2.31 bits per heavy atom. The zero-order valence-corrected chi connectivity index (χ0v) is 10.1. The summed E-state index contributed by atoms with van der Waals surface area (Å²) in [5.41, 5.74) is 0.191. The molecule has 2 rings (SSSR count). The van der Waals surface area contributed by atoms with E-state index in [1.807, 2.05) is 0 Å². The van der Waals surface area contributed by atoms with Crippen LogP contribution in [0.2, 0.25) is 15.1 Å². The molecule has 0 unspecified atom stereocenters. The van der Waals surface area contributed by atoms with Gasteiger partial charge in [0.1, 0.15) is 0 Å². The second-order valence-electron chi connectivity index (χ2n) is 3.00. The van der Waals surface area contributed by atoms with E-state index in [2.05, 4.69) is 5.10 Å². The normalized spacial score (nSPS) is 10.4. The molecule has 3 nitrogen and oxygen atoms in total. The van der Waals surface area contributed by atoms with Crippen molar-refractivity contribution in [1.29, 1.82) is 0 Å². The summed E-state index contributed by atoms with van der Waals surface area (Å²) in [6, 6.07) is 4.56. The van der Waals surface area contributed by atoms with Crippen LogP contribution in [0.15, 0.2) is 30.6 Å². The minimum absolute atomic E-state index is 0.191. The SMILES string of the molecule is O=C(c1c(Cl)cc(Cl)cc1Cl)n1cccn1. The average Bonchev–Trinajstić information content (AvgIpc) is 2.67. The van der Waals surface area contributed by atoms with Gasteiger partial charge in [0.05, 0.1) is 15.6 Å². The van der Waals surface area contributed by atoms with Gasteiger partial charge < -0.3 is 0 Å². The van der Waals surface area contributed by atoms with Crippen molar-refractivity contribution in [2.24, 2.45) is 0 Å². The first-order chi connectivity index (χ1) is 7.59. The van der Waals surface area contributed by atoms with Gasteiger partial charge in [-0.25, -0.2) is 4.68 Å². The summed E-state index contributed by atoms with van der Waals surface area (Å²) in [7, 11) is 0. The maximum atomic E-state index is 11.9. The molecule has 0 spiro atoms. The smallest absolute Gasteiger partial charge is 0.267 e. The van der Waals surface area contributed by atoms with Crippen LogP contribution in [-0.4, -0.2) is 15.7 Å².